The summed E-state index contributed by atoms with van der Waals surface area (Å²) in [5, 5.41) is 0. The minimum atomic E-state index is -0.277. The van der Waals surface area contributed by atoms with Crippen LogP contribution in [0.1, 0.15) is 26.5 Å². The molecule has 0 aliphatic rings. The van der Waals surface area contributed by atoms with E-state index in [1.807, 2.05) is 83.1 Å². The first-order valence-corrected chi connectivity index (χ1v) is 11.5. The first kappa shape index (κ1) is 21.1. The second-order valence-electron chi connectivity index (χ2n) is 7.93. The Bertz CT molecular complexity index is 1350. The summed E-state index contributed by atoms with van der Waals surface area (Å²) in [6.45, 7) is 2.99. The maximum absolute atomic E-state index is 13.7. The van der Waals surface area contributed by atoms with Crippen LogP contribution in [0, 0.1) is 12.7 Å². The molecule has 0 N–H and O–H groups in total. The molecule has 0 aliphatic carbocycles. The zero-order chi connectivity index (χ0) is 22.8. The lowest BCUT2D eigenvalue weighted by Crippen LogP contribution is -2.30. The summed E-state index contributed by atoms with van der Waals surface area (Å²) < 4.78 is 15.2. The third kappa shape index (κ3) is 4.43. The number of aryl methyl sites for hydroxylation is 1. The molecule has 0 bridgehead atoms. The molecule has 5 rings (SSSR count). The number of hydrogen-bond donors (Lipinski definition) is 0. The van der Waals surface area contributed by atoms with Crippen molar-refractivity contribution in [3.8, 4) is 11.3 Å². The second kappa shape index (κ2) is 9.00. The Hall–Kier alpha value is -3.77. The average molecular weight is 456 g/mol. The predicted molar refractivity (Wildman–Crippen MR) is 130 cm³/mol. The first-order chi connectivity index (χ1) is 16.1. The molecular formula is C27H22FN3OS. The van der Waals surface area contributed by atoms with E-state index >= 15 is 0 Å². The van der Waals surface area contributed by atoms with Gasteiger partial charge >= 0.3 is 0 Å². The molecule has 0 aliphatic heterocycles. The number of aromatic nitrogens is 2. The lowest BCUT2D eigenvalue weighted by atomic mass is 10.1. The minimum Gasteiger partial charge on any atom is -0.329 e. The fraction of sp³-hybridized carbons (Fsp3) is 0.111. The van der Waals surface area contributed by atoms with Gasteiger partial charge in [0, 0.05) is 30.5 Å². The molecule has 164 valence electrons. The Labute approximate surface area is 195 Å². The smallest absolute Gasteiger partial charge is 0.266 e. The lowest BCUT2D eigenvalue weighted by Gasteiger charge is -2.23. The number of fused-ring (bicyclic) bond motifs is 1. The number of halogens is 1. The highest BCUT2D eigenvalue weighted by Gasteiger charge is 2.23. The number of benzene rings is 3. The Morgan fingerprint density at radius 3 is 2.03 bits per heavy atom. The number of hydrogen-bond acceptors (Lipinski definition) is 3. The van der Waals surface area contributed by atoms with Crippen molar-refractivity contribution in [1.29, 1.82) is 0 Å². The third-order valence-corrected chi connectivity index (χ3v) is 6.76. The van der Waals surface area contributed by atoms with E-state index in [0.29, 0.717) is 18.0 Å². The van der Waals surface area contributed by atoms with E-state index in [0.717, 1.165) is 33.0 Å². The number of imidazole rings is 1. The van der Waals surface area contributed by atoms with Crippen LogP contribution in [-0.4, -0.2) is 20.2 Å². The molecule has 0 unspecified atom stereocenters. The van der Waals surface area contributed by atoms with Crippen molar-refractivity contribution in [1.82, 2.24) is 14.3 Å². The summed E-state index contributed by atoms with van der Waals surface area (Å²) in [7, 11) is 0. The number of thiazole rings is 1. The Kier molecular flexibility index (Phi) is 5.75. The van der Waals surface area contributed by atoms with E-state index in [4.69, 9.17) is 4.98 Å². The largest absolute Gasteiger partial charge is 0.329 e. The van der Waals surface area contributed by atoms with Crippen molar-refractivity contribution in [2.45, 2.75) is 20.0 Å². The van der Waals surface area contributed by atoms with Gasteiger partial charge in [-0.15, -0.1) is 0 Å². The van der Waals surface area contributed by atoms with E-state index in [2.05, 4.69) is 0 Å². The van der Waals surface area contributed by atoms with Crippen molar-refractivity contribution in [3.63, 3.8) is 0 Å². The first-order valence-electron chi connectivity index (χ1n) is 10.7. The fourth-order valence-corrected chi connectivity index (χ4v) is 4.94. The SMILES string of the molecule is Cc1c(C(=O)N(Cc2ccccc2)Cc2ccccc2)sc2nc(-c3ccc(F)cc3)cn12. The van der Waals surface area contributed by atoms with Crippen molar-refractivity contribution in [2.24, 2.45) is 0 Å². The quantitative estimate of drug-likeness (QED) is 0.299. The summed E-state index contributed by atoms with van der Waals surface area (Å²) in [4.78, 5) is 21.7. The zero-order valence-electron chi connectivity index (χ0n) is 18.1. The molecule has 2 heterocycles. The van der Waals surface area contributed by atoms with Crippen molar-refractivity contribution in [2.75, 3.05) is 0 Å². The maximum Gasteiger partial charge on any atom is 0.266 e. The van der Waals surface area contributed by atoms with Gasteiger partial charge in [0.1, 0.15) is 10.7 Å². The van der Waals surface area contributed by atoms with Crippen molar-refractivity contribution < 1.29 is 9.18 Å². The van der Waals surface area contributed by atoms with E-state index in [1.165, 1.54) is 23.5 Å². The van der Waals surface area contributed by atoms with Gasteiger partial charge in [0.2, 0.25) is 0 Å². The van der Waals surface area contributed by atoms with Crippen LogP contribution in [-0.2, 0) is 13.1 Å². The minimum absolute atomic E-state index is 0.0148. The van der Waals surface area contributed by atoms with Gasteiger partial charge in [-0.05, 0) is 42.3 Å². The molecule has 0 saturated carbocycles. The number of rotatable bonds is 6. The maximum atomic E-state index is 13.7. The summed E-state index contributed by atoms with van der Waals surface area (Å²) in [6, 6.07) is 26.3. The number of carbonyl (C=O) groups is 1. The van der Waals surface area contributed by atoms with Crippen LogP contribution in [0.25, 0.3) is 16.2 Å². The van der Waals surface area contributed by atoms with Crippen LogP contribution < -0.4 is 0 Å². The summed E-state index contributed by atoms with van der Waals surface area (Å²) in [6.07, 6.45) is 1.91. The highest BCUT2D eigenvalue weighted by molar-refractivity contribution is 7.19. The van der Waals surface area contributed by atoms with Crippen LogP contribution in [0.15, 0.2) is 91.1 Å². The van der Waals surface area contributed by atoms with Gasteiger partial charge < -0.3 is 4.90 Å². The van der Waals surface area contributed by atoms with Crippen LogP contribution in [0.4, 0.5) is 4.39 Å². The molecule has 5 aromatic rings. The molecular weight excluding hydrogens is 433 g/mol. The van der Waals surface area contributed by atoms with Crippen LogP contribution in [0.2, 0.25) is 0 Å². The molecule has 0 fully saturated rings. The number of nitrogens with zero attached hydrogens (tertiary/aromatic N) is 3. The highest BCUT2D eigenvalue weighted by Crippen LogP contribution is 2.29. The van der Waals surface area contributed by atoms with Gasteiger partial charge in [0.15, 0.2) is 4.96 Å². The Morgan fingerprint density at radius 2 is 1.48 bits per heavy atom. The van der Waals surface area contributed by atoms with Crippen molar-refractivity contribution >= 4 is 22.2 Å². The summed E-state index contributed by atoms with van der Waals surface area (Å²) in [5.41, 5.74) is 4.62. The predicted octanol–water partition coefficient (Wildman–Crippen LogP) is 6.35. The van der Waals surface area contributed by atoms with Gasteiger partial charge in [-0.25, -0.2) is 9.37 Å². The monoisotopic (exact) mass is 455 g/mol. The van der Waals surface area contributed by atoms with Gasteiger partial charge in [0.25, 0.3) is 5.91 Å². The van der Waals surface area contributed by atoms with Gasteiger partial charge in [0.05, 0.1) is 5.69 Å². The number of amides is 1. The Balaban J connectivity index is 1.47. The summed E-state index contributed by atoms with van der Waals surface area (Å²) in [5.74, 6) is -0.292. The molecule has 6 heteroatoms. The van der Waals surface area contributed by atoms with Gasteiger partial charge in [-0.2, -0.15) is 0 Å². The lowest BCUT2D eigenvalue weighted by molar-refractivity contribution is 0.0734. The molecule has 0 radical (unpaired) electrons. The summed E-state index contributed by atoms with van der Waals surface area (Å²) >= 11 is 1.39. The Morgan fingerprint density at radius 1 is 0.909 bits per heavy atom. The standard InChI is InChI=1S/C27H22FN3OS/c1-19-25(33-27-29-24(18-31(19)27)22-12-14-23(28)15-13-22)26(32)30(16-20-8-4-2-5-9-20)17-21-10-6-3-7-11-21/h2-15,18H,16-17H2,1H3. The zero-order valence-corrected chi connectivity index (χ0v) is 18.9. The van der Waals surface area contributed by atoms with E-state index < -0.39 is 0 Å². The molecule has 0 saturated heterocycles. The van der Waals surface area contributed by atoms with Gasteiger partial charge in [-0.3, -0.25) is 9.20 Å². The topological polar surface area (TPSA) is 37.6 Å². The molecule has 33 heavy (non-hydrogen) atoms. The highest BCUT2D eigenvalue weighted by atomic mass is 32.1. The number of carbonyl (C=O) groups excluding carboxylic acids is 1. The molecule has 0 spiro atoms. The molecule has 0 atom stereocenters. The second-order valence-corrected chi connectivity index (χ2v) is 8.91. The molecule has 1 amide bonds. The van der Waals surface area contributed by atoms with E-state index in [-0.39, 0.29) is 11.7 Å². The molecule has 4 nitrogen and oxygen atoms in total. The average Bonchev–Trinajstić information content (AvgIpc) is 3.39. The van der Waals surface area contributed by atoms with Crippen LogP contribution in [0.3, 0.4) is 0 Å². The van der Waals surface area contributed by atoms with Crippen LogP contribution in [0.5, 0.6) is 0 Å². The van der Waals surface area contributed by atoms with Crippen LogP contribution >= 0.6 is 11.3 Å². The van der Waals surface area contributed by atoms with Gasteiger partial charge in [-0.1, -0.05) is 72.0 Å². The van der Waals surface area contributed by atoms with E-state index in [9.17, 15) is 9.18 Å². The fourth-order valence-electron chi connectivity index (χ4n) is 3.86. The third-order valence-electron chi connectivity index (χ3n) is 5.61. The normalized spacial score (nSPS) is 11.1. The molecule has 2 aromatic heterocycles. The van der Waals surface area contributed by atoms with E-state index in [1.54, 1.807) is 12.1 Å². The van der Waals surface area contributed by atoms with Crippen molar-refractivity contribution in [3.05, 3.63) is 119 Å². The molecule has 3 aromatic carbocycles.